The van der Waals surface area contributed by atoms with Crippen LogP contribution in [0.1, 0.15) is 17.3 Å². The molecular formula is C20H19Cl2FN2O3. The molecule has 1 aliphatic heterocycles. The van der Waals surface area contributed by atoms with E-state index in [4.69, 9.17) is 27.9 Å². The molecular weight excluding hydrogens is 406 g/mol. The number of ether oxygens (including phenoxy) is 1. The summed E-state index contributed by atoms with van der Waals surface area (Å²) in [6.45, 7) is 3.14. The Bertz CT molecular complexity index is 899. The van der Waals surface area contributed by atoms with Crippen LogP contribution in [0.25, 0.3) is 0 Å². The molecule has 0 bridgehead atoms. The Kier molecular flexibility index (Phi) is 6.42. The fourth-order valence-electron chi connectivity index (χ4n) is 3.00. The molecule has 2 aromatic rings. The van der Waals surface area contributed by atoms with Crippen molar-refractivity contribution in [3.63, 3.8) is 0 Å². The fourth-order valence-corrected chi connectivity index (χ4v) is 3.47. The highest BCUT2D eigenvalue weighted by atomic mass is 35.5. The third kappa shape index (κ3) is 4.75. The summed E-state index contributed by atoms with van der Waals surface area (Å²) >= 11 is 11.9. The first kappa shape index (κ1) is 20.4. The van der Waals surface area contributed by atoms with Crippen LogP contribution >= 0.6 is 23.2 Å². The van der Waals surface area contributed by atoms with Gasteiger partial charge in [-0.1, -0.05) is 23.2 Å². The predicted octanol–water partition coefficient (Wildman–Crippen LogP) is 4.06. The summed E-state index contributed by atoms with van der Waals surface area (Å²) in [4.78, 5) is 27.3. The van der Waals surface area contributed by atoms with Crippen molar-refractivity contribution in [1.29, 1.82) is 0 Å². The quantitative estimate of drug-likeness (QED) is 0.678. The van der Waals surface area contributed by atoms with Crippen LogP contribution in [0.3, 0.4) is 0 Å². The lowest BCUT2D eigenvalue weighted by Gasteiger charge is -2.36. The minimum atomic E-state index is -0.437. The first-order chi connectivity index (χ1) is 13.3. The highest BCUT2D eigenvalue weighted by Gasteiger charge is 2.23. The first-order valence-electron chi connectivity index (χ1n) is 8.76. The van der Waals surface area contributed by atoms with Gasteiger partial charge in [-0.05, 0) is 43.3 Å². The van der Waals surface area contributed by atoms with Crippen LogP contribution in [0.5, 0.6) is 5.75 Å². The lowest BCUT2D eigenvalue weighted by atomic mass is 10.1. The number of Topliss-reactive ketones (excluding diaryl/α,β-unsaturated/α-hetero) is 1. The number of amides is 1. The number of ketones is 1. The number of carbonyl (C=O) groups excluding carboxylic acids is 2. The average molecular weight is 425 g/mol. The number of piperazine rings is 1. The SMILES string of the molecule is CC(=O)c1ccc(N2CCN(C(=O)COc3ccc(Cl)cc3Cl)CC2)c(F)c1. The van der Waals surface area contributed by atoms with Gasteiger partial charge in [-0.25, -0.2) is 4.39 Å². The Balaban J connectivity index is 1.54. The van der Waals surface area contributed by atoms with Crippen molar-refractivity contribution < 1.29 is 18.7 Å². The summed E-state index contributed by atoms with van der Waals surface area (Å²) in [6.07, 6.45) is 0. The second-order valence-corrected chi connectivity index (χ2v) is 7.30. The van der Waals surface area contributed by atoms with Crippen molar-refractivity contribution in [3.05, 3.63) is 57.8 Å². The number of anilines is 1. The largest absolute Gasteiger partial charge is 0.482 e. The van der Waals surface area contributed by atoms with Crippen molar-refractivity contribution in [3.8, 4) is 5.75 Å². The zero-order valence-corrected chi connectivity index (χ0v) is 16.8. The maximum absolute atomic E-state index is 14.3. The van der Waals surface area contributed by atoms with Gasteiger partial charge in [0.05, 0.1) is 10.7 Å². The molecule has 1 aliphatic rings. The van der Waals surface area contributed by atoms with Gasteiger partial charge in [-0.15, -0.1) is 0 Å². The first-order valence-corrected chi connectivity index (χ1v) is 9.52. The Morgan fingerprint density at radius 1 is 1.07 bits per heavy atom. The molecule has 0 radical (unpaired) electrons. The summed E-state index contributed by atoms with van der Waals surface area (Å²) in [7, 11) is 0. The molecule has 0 N–H and O–H groups in total. The molecule has 0 atom stereocenters. The van der Waals surface area contributed by atoms with Gasteiger partial charge in [0.25, 0.3) is 5.91 Å². The third-order valence-electron chi connectivity index (χ3n) is 4.57. The second kappa shape index (κ2) is 8.80. The molecule has 0 saturated carbocycles. The summed E-state index contributed by atoms with van der Waals surface area (Å²) in [5.41, 5.74) is 0.773. The number of rotatable bonds is 5. The van der Waals surface area contributed by atoms with Crippen molar-refractivity contribution in [2.24, 2.45) is 0 Å². The van der Waals surface area contributed by atoms with E-state index in [0.717, 1.165) is 0 Å². The van der Waals surface area contributed by atoms with Crippen molar-refractivity contribution in [2.75, 3.05) is 37.7 Å². The van der Waals surface area contributed by atoms with Crippen LogP contribution < -0.4 is 9.64 Å². The van der Waals surface area contributed by atoms with E-state index < -0.39 is 5.82 Å². The number of nitrogens with zero attached hydrogens (tertiary/aromatic N) is 2. The van der Waals surface area contributed by atoms with Gasteiger partial charge in [0.2, 0.25) is 0 Å². The maximum Gasteiger partial charge on any atom is 0.260 e. The monoisotopic (exact) mass is 424 g/mol. The molecule has 2 aromatic carbocycles. The van der Waals surface area contributed by atoms with Crippen LogP contribution in [0.15, 0.2) is 36.4 Å². The molecule has 8 heteroatoms. The van der Waals surface area contributed by atoms with E-state index in [1.165, 1.54) is 13.0 Å². The van der Waals surface area contributed by atoms with E-state index in [1.54, 1.807) is 35.2 Å². The lowest BCUT2D eigenvalue weighted by Crippen LogP contribution is -2.50. The number of hydrogen-bond donors (Lipinski definition) is 0. The Hall–Kier alpha value is -2.31. The zero-order chi connectivity index (χ0) is 20.3. The van der Waals surface area contributed by atoms with Gasteiger partial charge in [-0.3, -0.25) is 9.59 Å². The van der Waals surface area contributed by atoms with Gasteiger partial charge >= 0.3 is 0 Å². The second-order valence-electron chi connectivity index (χ2n) is 6.45. The molecule has 1 heterocycles. The molecule has 148 valence electrons. The number of hydrogen-bond acceptors (Lipinski definition) is 4. The molecule has 0 aliphatic carbocycles. The zero-order valence-electron chi connectivity index (χ0n) is 15.3. The van der Waals surface area contributed by atoms with Gasteiger partial charge in [-0.2, -0.15) is 0 Å². The van der Waals surface area contributed by atoms with Crippen LogP contribution in [0, 0.1) is 5.82 Å². The van der Waals surface area contributed by atoms with Gasteiger partial charge in [0.1, 0.15) is 11.6 Å². The van der Waals surface area contributed by atoms with E-state index in [0.29, 0.717) is 53.2 Å². The van der Waals surface area contributed by atoms with Crippen LogP contribution in [0.2, 0.25) is 10.0 Å². The summed E-state index contributed by atoms with van der Waals surface area (Å²) in [5, 5.41) is 0.831. The van der Waals surface area contributed by atoms with E-state index in [-0.39, 0.29) is 18.3 Å². The fraction of sp³-hybridized carbons (Fsp3) is 0.300. The number of carbonyl (C=O) groups is 2. The van der Waals surface area contributed by atoms with Gasteiger partial charge in [0, 0.05) is 36.8 Å². The Morgan fingerprint density at radius 3 is 2.39 bits per heavy atom. The molecule has 1 fully saturated rings. The van der Waals surface area contributed by atoms with Gasteiger partial charge in [0.15, 0.2) is 12.4 Å². The third-order valence-corrected chi connectivity index (χ3v) is 5.10. The lowest BCUT2D eigenvalue weighted by molar-refractivity contribution is -0.133. The number of halogens is 3. The van der Waals surface area contributed by atoms with E-state index in [2.05, 4.69) is 0 Å². The molecule has 0 unspecified atom stereocenters. The molecule has 1 saturated heterocycles. The molecule has 1 amide bonds. The highest BCUT2D eigenvalue weighted by molar-refractivity contribution is 6.35. The normalized spacial score (nSPS) is 14.1. The smallest absolute Gasteiger partial charge is 0.260 e. The Labute approximate surface area is 172 Å². The number of benzene rings is 2. The van der Waals surface area contributed by atoms with Crippen molar-refractivity contribution in [2.45, 2.75) is 6.92 Å². The van der Waals surface area contributed by atoms with Gasteiger partial charge < -0.3 is 14.5 Å². The summed E-state index contributed by atoms with van der Waals surface area (Å²) in [6, 6.07) is 9.27. The molecule has 0 spiro atoms. The van der Waals surface area contributed by atoms with E-state index in [1.807, 2.05) is 4.90 Å². The van der Waals surface area contributed by atoms with Crippen molar-refractivity contribution in [1.82, 2.24) is 4.90 Å². The molecule has 28 heavy (non-hydrogen) atoms. The minimum absolute atomic E-state index is 0.136. The predicted molar refractivity (Wildman–Crippen MR) is 107 cm³/mol. The molecule has 5 nitrogen and oxygen atoms in total. The van der Waals surface area contributed by atoms with Crippen LogP contribution in [0.4, 0.5) is 10.1 Å². The van der Waals surface area contributed by atoms with Crippen molar-refractivity contribution >= 4 is 40.6 Å². The molecule has 3 rings (SSSR count). The standard InChI is InChI=1S/C20H19Cl2FN2O3/c1-13(26)14-2-4-18(17(23)10-14)24-6-8-25(9-7-24)20(27)12-28-19-5-3-15(21)11-16(19)22/h2-5,10-11H,6-9,12H2,1H3. The van der Waals surface area contributed by atoms with Crippen LogP contribution in [-0.4, -0.2) is 49.4 Å². The van der Waals surface area contributed by atoms with E-state index in [9.17, 15) is 14.0 Å². The maximum atomic E-state index is 14.3. The highest BCUT2D eigenvalue weighted by Crippen LogP contribution is 2.27. The summed E-state index contributed by atoms with van der Waals surface area (Å²) < 4.78 is 19.8. The topological polar surface area (TPSA) is 49.9 Å². The average Bonchev–Trinajstić information content (AvgIpc) is 2.67. The van der Waals surface area contributed by atoms with E-state index >= 15 is 0 Å². The molecule has 0 aromatic heterocycles. The minimum Gasteiger partial charge on any atom is -0.482 e. The Morgan fingerprint density at radius 2 is 1.79 bits per heavy atom. The van der Waals surface area contributed by atoms with Crippen LogP contribution in [-0.2, 0) is 4.79 Å². The summed E-state index contributed by atoms with van der Waals surface area (Å²) in [5.74, 6) is -0.390.